The van der Waals surface area contributed by atoms with Crippen molar-refractivity contribution in [2.24, 2.45) is 5.41 Å². The van der Waals surface area contributed by atoms with Gasteiger partial charge in [-0.25, -0.2) is 9.18 Å². The van der Waals surface area contributed by atoms with Crippen molar-refractivity contribution in [1.82, 2.24) is 15.5 Å². The lowest BCUT2D eigenvalue weighted by Gasteiger charge is -2.33. The van der Waals surface area contributed by atoms with Crippen molar-refractivity contribution in [3.8, 4) is 0 Å². The van der Waals surface area contributed by atoms with Crippen molar-refractivity contribution in [2.75, 3.05) is 13.3 Å². The van der Waals surface area contributed by atoms with Crippen LogP contribution >= 0.6 is 34.8 Å². The Labute approximate surface area is 147 Å². The van der Waals surface area contributed by atoms with E-state index in [9.17, 15) is 18.8 Å². The summed E-state index contributed by atoms with van der Waals surface area (Å²) in [4.78, 5) is 35.4. The Morgan fingerprint density at radius 2 is 2.00 bits per heavy atom. The molecule has 0 saturated carbocycles. The fourth-order valence-electron chi connectivity index (χ4n) is 1.45. The van der Waals surface area contributed by atoms with Crippen LogP contribution in [0.25, 0.3) is 0 Å². The molecule has 1 aliphatic heterocycles. The van der Waals surface area contributed by atoms with Crippen molar-refractivity contribution in [3.63, 3.8) is 0 Å². The molecule has 0 aromatic carbocycles. The fourth-order valence-corrected chi connectivity index (χ4v) is 1.80. The van der Waals surface area contributed by atoms with E-state index in [4.69, 9.17) is 39.5 Å². The molecular formula is C12H17Cl3FN3O4. The van der Waals surface area contributed by atoms with Gasteiger partial charge in [0.2, 0.25) is 9.70 Å². The maximum atomic E-state index is 13.3. The smallest absolute Gasteiger partial charge is 0.326 e. The molecule has 0 bridgehead atoms. The topological polar surface area (TPSA) is 87.7 Å². The van der Waals surface area contributed by atoms with E-state index in [2.05, 4.69) is 5.32 Å². The highest BCUT2D eigenvalue weighted by Crippen LogP contribution is 2.32. The summed E-state index contributed by atoms with van der Waals surface area (Å²) in [7, 11) is 0. The Hall–Kier alpha value is -0.830. The summed E-state index contributed by atoms with van der Waals surface area (Å²) in [5.41, 5.74) is -0.767. The minimum Gasteiger partial charge on any atom is -0.333 e. The van der Waals surface area contributed by atoms with Gasteiger partial charge in [-0.15, -0.1) is 0 Å². The standard InChI is InChI=1S/C12H17Cl3FN3O4/c1-11(2,3)8(21)18-9(12(13,14)15)23-5-19-4-6(16)7(20)17-10(19)22/h6,9H,4-5H2,1-3H3,(H,18,21)(H,17,20,22). The molecule has 0 aliphatic carbocycles. The highest BCUT2D eigenvalue weighted by Gasteiger charge is 2.39. The summed E-state index contributed by atoms with van der Waals surface area (Å²) in [6.07, 6.45) is -3.26. The molecule has 1 saturated heterocycles. The van der Waals surface area contributed by atoms with Crippen LogP contribution in [0.4, 0.5) is 9.18 Å². The number of hydrogen-bond donors (Lipinski definition) is 2. The monoisotopic (exact) mass is 391 g/mol. The molecule has 7 nitrogen and oxygen atoms in total. The van der Waals surface area contributed by atoms with E-state index in [-0.39, 0.29) is 0 Å². The SMILES string of the molecule is CC(C)(C)C(=O)NC(OCN1CC(F)C(=O)NC1=O)C(Cl)(Cl)Cl. The molecule has 2 N–H and O–H groups in total. The second-order valence-electron chi connectivity index (χ2n) is 5.93. The maximum absolute atomic E-state index is 13.3. The van der Waals surface area contributed by atoms with Crippen molar-refractivity contribution < 1.29 is 23.5 Å². The highest BCUT2D eigenvalue weighted by molar-refractivity contribution is 6.68. The number of alkyl halides is 4. The first-order valence-corrected chi connectivity index (χ1v) is 7.69. The fraction of sp³-hybridized carbons (Fsp3) is 0.750. The normalized spacial score (nSPS) is 21.0. The van der Waals surface area contributed by atoms with Gasteiger partial charge in [0, 0.05) is 5.41 Å². The lowest BCUT2D eigenvalue weighted by atomic mass is 9.96. The van der Waals surface area contributed by atoms with Gasteiger partial charge in [-0.2, -0.15) is 0 Å². The van der Waals surface area contributed by atoms with Crippen LogP contribution in [0.1, 0.15) is 20.8 Å². The number of hydrogen-bond acceptors (Lipinski definition) is 4. The van der Waals surface area contributed by atoms with Crippen molar-refractivity contribution in [3.05, 3.63) is 0 Å². The molecule has 1 heterocycles. The van der Waals surface area contributed by atoms with Crippen LogP contribution in [0.15, 0.2) is 0 Å². The number of imide groups is 1. The molecule has 4 amide bonds. The van der Waals surface area contributed by atoms with Gasteiger partial charge in [-0.1, -0.05) is 55.6 Å². The molecule has 23 heavy (non-hydrogen) atoms. The zero-order chi connectivity index (χ0) is 18.0. The number of carbonyl (C=O) groups is 3. The molecule has 132 valence electrons. The molecule has 0 aromatic rings. The second-order valence-corrected chi connectivity index (χ2v) is 8.29. The van der Waals surface area contributed by atoms with Gasteiger partial charge in [-0.3, -0.25) is 19.8 Å². The summed E-state index contributed by atoms with van der Waals surface area (Å²) >= 11 is 17.2. The molecule has 1 aliphatic rings. The maximum Gasteiger partial charge on any atom is 0.326 e. The number of nitrogens with zero attached hydrogens (tertiary/aromatic N) is 1. The predicted molar refractivity (Wildman–Crippen MR) is 82.8 cm³/mol. The van der Waals surface area contributed by atoms with Gasteiger partial charge in [0.1, 0.15) is 6.73 Å². The lowest BCUT2D eigenvalue weighted by molar-refractivity contribution is -0.135. The summed E-state index contributed by atoms with van der Waals surface area (Å²) in [5.74, 6) is -1.47. The Morgan fingerprint density at radius 3 is 2.48 bits per heavy atom. The van der Waals surface area contributed by atoms with E-state index in [1.165, 1.54) is 0 Å². The molecule has 1 fully saturated rings. The van der Waals surface area contributed by atoms with Crippen molar-refractivity contribution >= 4 is 52.6 Å². The van der Waals surface area contributed by atoms with Gasteiger partial charge < -0.3 is 10.1 Å². The molecule has 0 radical (unpaired) electrons. The van der Waals surface area contributed by atoms with E-state index < -0.39 is 52.7 Å². The number of amides is 4. The van der Waals surface area contributed by atoms with Crippen LogP contribution in [-0.4, -0.2) is 52.2 Å². The summed E-state index contributed by atoms with van der Waals surface area (Å²) < 4.78 is 16.5. The summed E-state index contributed by atoms with van der Waals surface area (Å²) in [6.45, 7) is 3.96. The van der Waals surface area contributed by atoms with Crippen LogP contribution < -0.4 is 10.6 Å². The number of rotatable bonds is 4. The molecule has 2 unspecified atom stereocenters. The average Bonchev–Trinajstić information content (AvgIpc) is 2.37. The molecule has 0 spiro atoms. The Balaban J connectivity index is 2.70. The first kappa shape index (κ1) is 20.2. The van der Waals surface area contributed by atoms with Gasteiger partial charge in [0.05, 0.1) is 6.54 Å². The Bertz CT molecular complexity index is 493. The molecule has 0 aromatic heterocycles. The van der Waals surface area contributed by atoms with Crippen LogP contribution in [0, 0.1) is 5.41 Å². The van der Waals surface area contributed by atoms with Gasteiger partial charge in [0.25, 0.3) is 5.91 Å². The molecule has 1 rings (SSSR count). The number of urea groups is 1. The van der Waals surface area contributed by atoms with Gasteiger partial charge >= 0.3 is 6.03 Å². The van der Waals surface area contributed by atoms with E-state index in [0.717, 1.165) is 4.90 Å². The quantitative estimate of drug-likeness (QED) is 0.563. The molecule has 2 atom stereocenters. The summed E-state index contributed by atoms with van der Waals surface area (Å²) in [6, 6.07) is -0.839. The minimum absolute atomic E-state index is 0.449. The Kier molecular flexibility index (Phi) is 6.48. The third kappa shape index (κ3) is 5.95. The van der Waals surface area contributed by atoms with E-state index >= 15 is 0 Å². The number of nitrogens with one attached hydrogen (secondary N) is 2. The number of ether oxygens (including phenoxy) is 1. The van der Waals surface area contributed by atoms with Crippen molar-refractivity contribution in [2.45, 2.75) is 37.0 Å². The van der Waals surface area contributed by atoms with Crippen LogP contribution in [0.2, 0.25) is 0 Å². The summed E-state index contributed by atoms with van der Waals surface area (Å²) in [5, 5.41) is 4.21. The minimum atomic E-state index is -2.02. The third-order valence-corrected chi connectivity index (χ3v) is 3.41. The Morgan fingerprint density at radius 1 is 1.43 bits per heavy atom. The van der Waals surface area contributed by atoms with E-state index in [0.29, 0.717) is 0 Å². The van der Waals surface area contributed by atoms with E-state index in [1.54, 1.807) is 20.8 Å². The van der Waals surface area contributed by atoms with E-state index in [1.807, 2.05) is 5.32 Å². The van der Waals surface area contributed by atoms with Crippen LogP contribution in [0.3, 0.4) is 0 Å². The first-order valence-electron chi connectivity index (χ1n) is 6.55. The lowest BCUT2D eigenvalue weighted by Crippen LogP contribution is -2.57. The number of carbonyl (C=O) groups excluding carboxylic acids is 3. The van der Waals surface area contributed by atoms with Crippen LogP contribution in [0.5, 0.6) is 0 Å². The number of halogens is 4. The molecule has 11 heteroatoms. The van der Waals surface area contributed by atoms with Gasteiger partial charge in [-0.05, 0) is 0 Å². The van der Waals surface area contributed by atoms with Crippen LogP contribution in [-0.2, 0) is 14.3 Å². The predicted octanol–water partition coefficient (Wildman–Crippen LogP) is 1.71. The molecular weight excluding hydrogens is 376 g/mol. The third-order valence-electron chi connectivity index (χ3n) is 2.82. The second kappa shape index (κ2) is 7.38. The first-order chi connectivity index (χ1) is 10.3. The van der Waals surface area contributed by atoms with Gasteiger partial charge in [0.15, 0.2) is 12.4 Å². The highest BCUT2D eigenvalue weighted by atomic mass is 35.6. The average molecular weight is 393 g/mol. The largest absolute Gasteiger partial charge is 0.333 e. The zero-order valence-electron chi connectivity index (χ0n) is 12.7. The van der Waals surface area contributed by atoms with Crippen molar-refractivity contribution in [1.29, 1.82) is 0 Å². The zero-order valence-corrected chi connectivity index (χ0v) is 14.9.